The molecule has 0 aliphatic heterocycles. The van der Waals surface area contributed by atoms with E-state index in [0.29, 0.717) is 10.2 Å². The summed E-state index contributed by atoms with van der Waals surface area (Å²) in [7, 11) is 0. The maximum absolute atomic E-state index is 13.2. The quantitative estimate of drug-likeness (QED) is 0.710. The van der Waals surface area contributed by atoms with Crippen molar-refractivity contribution in [2.24, 2.45) is 0 Å². The van der Waals surface area contributed by atoms with Gasteiger partial charge in [0, 0.05) is 36.2 Å². The van der Waals surface area contributed by atoms with Crippen molar-refractivity contribution in [3.05, 3.63) is 53.5 Å². The average molecular weight is 391 g/mol. The topological polar surface area (TPSA) is 62.5 Å². The Kier molecular flexibility index (Phi) is 5.26. The van der Waals surface area contributed by atoms with Crippen LogP contribution in [0.15, 0.2) is 36.4 Å². The second-order valence-electron chi connectivity index (χ2n) is 6.25. The summed E-state index contributed by atoms with van der Waals surface area (Å²) in [5.74, 6) is -0.605. The fourth-order valence-corrected chi connectivity index (χ4v) is 2.95. The van der Waals surface area contributed by atoms with Crippen LogP contribution in [0.3, 0.4) is 0 Å². The minimum atomic E-state index is -4.61. The van der Waals surface area contributed by atoms with E-state index in [2.05, 4.69) is 20.3 Å². The molecule has 28 heavy (non-hydrogen) atoms. The van der Waals surface area contributed by atoms with Gasteiger partial charge in [-0.1, -0.05) is 0 Å². The number of carbonyl (C=O) groups excluding carboxylic acids is 1. The van der Waals surface area contributed by atoms with Crippen LogP contribution in [-0.2, 0) is 6.18 Å². The average Bonchev–Trinajstić information content (AvgIpc) is 3.06. The summed E-state index contributed by atoms with van der Waals surface area (Å²) in [6.45, 7) is 7.27. The van der Waals surface area contributed by atoms with Crippen molar-refractivity contribution in [2.45, 2.75) is 26.9 Å². The van der Waals surface area contributed by atoms with Gasteiger partial charge in [0.25, 0.3) is 5.91 Å². The first-order valence-corrected chi connectivity index (χ1v) is 8.84. The van der Waals surface area contributed by atoms with Crippen molar-refractivity contribution < 1.29 is 18.0 Å². The molecule has 1 aromatic carbocycles. The summed E-state index contributed by atoms with van der Waals surface area (Å²) in [5, 5.41) is 6.45. The van der Waals surface area contributed by atoms with Crippen LogP contribution in [0.1, 0.15) is 35.7 Å². The molecule has 2 heterocycles. The first-order chi connectivity index (χ1) is 13.2. The molecule has 9 heteroatoms. The largest absolute Gasteiger partial charge is 0.433 e. The van der Waals surface area contributed by atoms with Gasteiger partial charge in [-0.15, -0.1) is 0 Å². The lowest BCUT2D eigenvalue weighted by Crippen LogP contribution is -2.21. The number of hydrogen-bond donors (Lipinski definition) is 1. The molecular weight excluding hydrogens is 371 g/mol. The first-order valence-electron chi connectivity index (χ1n) is 8.84. The predicted molar refractivity (Wildman–Crippen MR) is 101 cm³/mol. The van der Waals surface area contributed by atoms with E-state index >= 15 is 0 Å². The second-order valence-corrected chi connectivity index (χ2v) is 6.25. The van der Waals surface area contributed by atoms with E-state index in [4.69, 9.17) is 0 Å². The third kappa shape index (κ3) is 3.92. The number of anilines is 2. The molecule has 2 aromatic heterocycles. The predicted octanol–water partition coefficient (Wildman–Crippen LogP) is 4.16. The van der Waals surface area contributed by atoms with Gasteiger partial charge >= 0.3 is 6.18 Å². The Labute approximate surface area is 160 Å². The SMILES string of the molecule is CCN(CC)c1ccc(NC(=O)c2cc3nc(C)cc(C(F)(F)F)n3n2)cc1. The van der Waals surface area contributed by atoms with E-state index in [9.17, 15) is 18.0 Å². The molecule has 0 atom stereocenters. The van der Waals surface area contributed by atoms with Crippen LogP contribution in [0.2, 0.25) is 0 Å². The number of rotatable bonds is 5. The van der Waals surface area contributed by atoms with E-state index in [1.54, 1.807) is 12.1 Å². The number of carbonyl (C=O) groups is 1. The van der Waals surface area contributed by atoms with E-state index < -0.39 is 17.8 Å². The van der Waals surface area contributed by atoms with Gasteiger partial charge in [-0.05, 0) is 51.1 Å². The molecular formula is C19H20F3N5O. The Hall–Kier alpha value is -3.10. The Bertz CT molecular complexity index is 991. The van der Waals surface area contributed by atoms with E-state index in [0.717, 1.165) is 24.8 Å². The van der Waals surface area contributed by atoms with Gasteiger partial charge in [-0.3, -0.25) is 4.79 Å². The summed E-state index contributed by atoms with van der Waals surface area (Å²) in [4.78, 5) is 18.6. The Morgan fingerprint density at radius 2 is 1.79 bits per heavy atom. The highest BCUT2D eigenvalue weighted by atomic mass is 19.4. The lowest BCUT2D eigenvalue weighted by Gasteiger charge is -2.21. The number of aryl methyl sites for hydroxylation is 1. The number of nitrogens with one attached hydrogen (secondary N) is 1. The third-order valence-corrected chi connectivity index (χ3v) is 4.33. The molecule has 0 saturated carbocycles. The van der Waals surface area contributed by atoms with Crippen LogP contribution in [0.4, 0.5) is 24.5 Å². The highest BCUT2D eigenvalue weighted by molar-refractivity contribution is 6.03. The smallest absolute Gasteiger partial charge is 0.372 e. The molecule has 3 aromatic rings. The zero-order valence-electron chi connectivity index (χ0n) is 15.7. The molecule has 1 N–H and O–H groups in total. The fraction of sp³-hybridized carbons (Fsp3) is 0.316. The summed E-state index contributed by atoms with van der Waals surface area (Å²) in [6, 6.07) is 9.36. The van der Waals surface area contributed by atoms with Crippen LogP contribution >= 0.6 is 0 Å². The Morgan fingerprint density at radius 1 is 1.14 bits per heavy atom. The molecule has 3 rings (SSSR count). The molecule has 0 fully saturated rings. The highest BCUT2D eigenvalue weighted by Gasteiger charge is 2.35. The highest BCUT2D eigenvalue weighted by Crippen LogP contribution is 2.30. The summed E-state index contributed by atoms with van der Waals surface area (Å²) in [5.41, 5.74) is 0.588. The zero-order valence-corrected chi connectivity index (χ0v) is 15.7. The molecule has 0 aliphatic rings. The number of hydrogen-bond acceptors (Lipinski definition) is 4. The van der Waals surface area contributed by atoms with Gasteiger partial charge < -0.3 is 10.2 Å². The fourth-order valence-electron chi connectivity index (χ4n) is 2.95. The number of aromatic nitrogens is 3. The molecule has 0 unspecified atom stereocenters. The normalized spacial score (nSPS) is 11.6. The van der Waals surface area contributed by atoms with Crippen LogP contribution in [0.25, 0.3) is 5.65 Å². The lowest BCUT2D eigenvalue weighted by atomic mass is 10.2. The van der Waals surface area contributed by atoms with Gasteiger partial charge in [0.1, 0.15) is 5.69 Å². The van der Waals surface area contributed by atoms with E-state index in [1.165, 1.54) is 13.0 Å². The van der Waals surface area contributed by atoms with E-state index in [1.807, 2.05) is 26.0 Å². The summed E-state index contributed by atoms with van der Waals surface area (Å²) < 4.78 is 40.3. The summed E-state index contributed by atoms with van der Waals surface area (Å²) >= 11 is 0. The van der Waals surface area contributed by atoms with Crippen molar-refractivity contribution in [2.75, 3.05) is 23.3 Å². The van der Waals surface area contributed by atoms with Gasteiger partial charge in [-0.25, -0.2) is 9.50 Å². The standard InChI is InChI=1S/C19H20F3N5O/c1-4-26(5-2)14-8-6-13(7-9-14)24-18(28)15-11-17-23-12(3)10-16(19(20,21)22)27(17)25-15/h6-11H,4-5H2,1-3H3,(H,24,28). The van der Waals surface area contributed by atoms with Gasteiger partial charge in [0.05, 0.1) is 0 Å². The zero-order chi connectivity index (χ0) is 20.5. The number of halogens is 3. The van der Waals surface area contributed by atoms with E-state index in [-0.39, 0.29) is 17.0 Å². The van der Waals surface area contributed by atoms with Gasteiger partial charge in [0.2, 0.25) is 0 Å². The third-order valence-electron chi connectivity index (χ3n) is 4.33. The molecule has 0 aliphatic carbocycles. The van der Waals surface area contributed by atoms with Crippen LogP contribution < -0.4 is 10.2 Å². The second kappa shape index (κ2) is 7.49. The number of amides is 1. The van der Waals surface area contributed by atoms with Crippen molar-refractivity contribution in [3.8, 4) is 0 Å². The maximum Gasteiger partial charge on any atom is 0.433 e. The molecule has 148 valence electrons. The Balaban J connectivity index is 1.86. The van der Waals surface area contributed by atoms with Crippen LogP contribution in [-0.4, -0.2) is 33.6 Å². The monoisotopic (exact) mass is 391 g/mol. The summed E-state index contributed by atoms with van der Waals surface area (Å²) in [6.07, 6.45) is -4.61. The van der Waals surface area contributed by atoms with Crippen molar-refractivity contribution >= 4 is 22.9 Å². The minimum absolute atomic E-state index is 0.0330. The number of benzene rings is 1. The number of nitrogens with zero attached hydrogens (tertiary/aromatic N) is 4. The molecule has 1 amide bonds. The molecule has 0 saturated heterocycles. The Morgan fingerprint density at radius 3 is 2.36 bits per heavy atom. The molecule has 0 spiro atoms. The maximum atomic E-state index is 13.2. The molecule has 0 bridgehead atoms. The number of fused-ring (bicyclic) bond motifs is 1. The van der Waals surface area contributed by atoms with Gasteiger partial charge in [-0.2, -0.15) is 18.3 Å². The van der Waals surface area contributed by atoms with Crippen molar-refractivity contribution in [1.82, 2.24) is 14.6 Å². The van der Waals surface area contributed by atoms with Crippen molar-refractivity contribution in [1.29, 1.82) is 0 Å². The van der Waals surface area contributed by atoms with Crippen LogP contribution in [0.5, 0.6) is 0 Å². The lowest BCUT2D eigenvalue weighted by molar-refractivity contribution is -0.142. The van der Waals surface area contributed by atoms with Crippen molar-refractivity contribution in [3.63, 3.8) is 0 Å². The first kappa shape index (κ1) is 19.7. The van der Waals surface area contributed by atoms with Gasteiger partial charge in [0.15, 0.2) is 11.3 Å². The number of alkyl halides is 3. The molecule has 6 nitrogen and oxygen atoms in total. The molecule has 0 radical (unpaired) electrons. The minimum Gasteiger partial charge on any atom is -0.372 e. The van der Waals surface area contributed by atoms with Crippen LogP contribution in [0, 0.1) is 6.92 Å².